The van der Waals surface area contributed by atoms with Gasteiger partial charge in [-0.2, -0.15) is 0 Å². The van der Waals surface area contributed by atoms with E-state index in [-0.39, 0.29) is 10.8 Å². The maximum Gasteiger partial charge on any atom is 0.308 e. The molecule has 1 aliphatic rings. The molecule has 1 amide bonds. The van der Waals surface area contributed by atoms with Crippen LogP contribution in [-0.4, -0.2) is 49.0 Å². The lowest BCUT2D eigenvalue weighted by atomic mass is 9.99. The van der Waals surface area contributed by atoms with Crippen molar-refractivity contribution >= 4 is 39.2 Å². The summed E-state index contributed by atoms with van der Waals surface area (Å²) in [6.45, 7) is 4.20. The van der Waals surface area contributed by atoms with Crippen molar-refractivity contribution in [3.63, 3.8) is 0 Å². The first-order valence-corrected chi connectivity index (χ1v) is 12.9. The highest BCUT2D eigenvalue weighted by atomic mass is 32.2. The standard InChI is InChI=1S/C24H25N5O2S2/c1-17-11-13-27(14-12-17)22(30)16-32-23-26-25-21(29(23)18-7-3-2-4-8-18)15-28-19-9-5-6-10-20(19)33-24(28)31/h2-10,17H,11-16H2,1H3. The second kappa shape index (κ2) is 9.52. The number of likely N-dealkylation sites (tertiary alicyclic amines) is 1. The van der Waals surface area contributed by atoms with E-state index in [0.29, 0.717) is 29.2 Å². The third-order valence-corrected chi connectivity index (χ3v) is 7.92. The highest BCUT2D eigenvalue weighted by Crippen LogP contribution is 2.25. The van der Waals surface area contributed by atoms with E-state index >= 15 is 0 Å². The van der Waals surface area contributed by atoms with E-state index in [1.54, 1.807) is 4.57 Å². The summed E-state index contributed by atoms with van der Waals surface area (Å²) < 4.78 is 4.64. The summed E-state index contributed by atoms with van der Waals surface area (Å²) in [7, 11) is 0. The minimum absolute atomic E-state index is 0.0254. The number of piperidine rings is 1. The number of para-hydroxylation sites is 2. The number of thiazole rings is 1. The van der Waals surface area contributed by atoms with E-state index in [2.05, 4.69) is 17.1 Å². The summed E-state index contributed by atoms with van der Waals surface area (Å²) in [5.74, 6) is 1.80. The van der Waals surface area contributed by atoms with E-state index in [9.17, 15) is 9.59 Å². The molecule has 9 heteroatoms. The molecular formula is C24H25N5O2S2. The molecule has 33 heavy (non-hydrogen) atoms. The quantitative estimate of drug-likeness (QED) is 0.390. The van der Waals surface area contributed by atoms with Crippen LogP contribution in [-0.2, 0) is 11.3 Å². The SMILES string of the molecule is CC1CCN(C(=O)CSc2nnc(Cn3c(=O)sc4ccccc43)n2-c2ccccc2)CC1. The van der Waals surface area contributed by atoms with Crippen LogP contribution < -0.4 is 4.87 Å². The fourth-order valence-corrected chi connectivity index (χ4v) is 5.88. The van der Waals surface area contributed by atoms with Gasteiger partial charge in [0.1, 0.15) is 0 Å². The van der Waals surface area contributed by atoms with Gasteiger partial charge in [0.05, 0.1) is 22.5 Å². The number of thioether (sulfide) groups is 1. The monoisotopic (exact) mass is 479 g/mol. The fourth-order valence-electron chi connectivity index (χ4n) is 4.11. The number of aromatic nitrogens is 4. The van der Waals surface area contributed by atoms with Gasteiger partial charge in [-0.1, -0.05) is 60.4 Å². The highest BCUT2D eigenvalue weighted by Gasteiger charge is 2.22. The fraction of sp³-hybridized carbons (Fsp3) is 0.333. The summed E-state index contributed by atoms with van der Waals surface area (Å²) in [5.41, 5.74) is 1.80. The van der Waals surface area contributed by atoms with Gasteiger partial charge in [0.2, 0.25) is 5.91 Å². The molecule has 0 aliphatic carbocycles. The molecule has 5 rings (SSSR count). The predicted octanol–water partition coefficient (Wildman–Crippen LogP) is 4.04. The molecule has 0 radical (unpaired) electrons. The summed E-state index contributed by atoms with van der Waals surface area (Å²) >= 11 is 2.63. The highest BCUT2D eigenvalue weighted by molar-refractivity contribution is 7.99. The number of rotatable bonds is 6. The molecule has 0 atom stereocenters. The van der Waals surface area contributed by atoms with E-state index in [1.807, 2.05) is 64.1 Å². The van der Waals surface area contributed by atoms with Crippen LogP contribution in [0, 0.1) is 5.92 Å². The van der Waals surface area contributed by atoms with Crippen LogP contribution in [0.4, 0.5) is 0 Å². The maximum absolute atomic E-state index is 12.8. The topological polar surface area (TPSA) is 73.0 Å². The lowest BCUT2D eigenvalue weighted by Crippen LogP contribution is -2.38. The summed E-state index contributed by atoms with van der Waals surface area (Å²) in [4.78, 5) is 27.4. The molecule has 0 unspecified atom stereocenters. The van der Waals surface area contributed by atoms with Gasteiger partial charge < -0.3 is 4.90 Å². The smallest absolute Gasteiger partial charge is 0.308 e. The van der Waals surface area contributed by atoms with Crippen molar-refractivity contribution in [2.75, 3.05) is 18.8 Å². The van der Waals surface area contributed by atoms with Gasteiger partial charge in [-0.3, -0.25) is 18.7 Å². The molecule has 4 aromatic rings. The van der Waals surface area contributed by atoms with Gasteiger partial charge in [-0.25, -0.2) is 0 Å². The van der Waals surface area contributed by atoms with Gasteiger partial charge in [-0.15, -0.1) is 10.2 Å². The first-order valence-electron chi connectivity index (χ1n) is 11.1. The van der Waals surface area contributed by atoms with Gasteiger partial charge in [-0.05, 0) is 43.0 Å². The predicted molar refractivity (Wildman–Crippen MR) is 132 cm³/mol. The van der Waals surface area contributed by atoms with Gasteiger partial charge >= 0.3 is 4.87 Å². The number of nitrogens with zero attached hydrogens (tertiary/aromatic N) is 5. The number of fused-ring (bicyclic) bond motifs is 1. The van der Waals surface area contributed by atoms with Crippen molar-refractivity contribution in [2.24, 2.45) is 5.92 Å². The number of hydrogen-bond acceptors (Lipinski definition) is 6. The van der Waals surface area contributed by atoms with Crippen LogP contribution in [0.1, 0.15) is 25.6 Å². The molecule has 1 saturated heterocycles. The second-order valence-electron chi connectivity index (χ2n) is 8.34. The molecule has 2 aromatic heterocycles. The number of carbonyl (C=O) groups is 1. The maximum atomic E-state index is 12.8. The molecule has 0 saturated carbocycles. The van der Waals surface area contributed by atoms with Crippen molar-refractivity contribution in [1.82, 2.24) is 24.2 Å². The Morgan fingerprint density at radius 3 is 2.58 bits per heavy atom. The van der Waals surface area contributed by atoms with Crippen molar-refractivity contribution in [3.8, 4) is 5.69 Å². The van der Waals surface area contributed by atoms with Crippen LogP contribution in [0.3, 0.4) is 0 Å². The Balaban J connectivity index is 1.43. The van der Waals surface area contributed by atoms with Crippen molar-refractivity contribution in [2.45, 2.75) is 31.5 Å². The van der Waals surface area contributed by atoms with Gasteiger partial charge in [0, 0.05) is 18.8 Å². The normalized spacial score (nSPS) is 14.8. The Morgan fingerprint density at radius 2 is 1.79 bits per heavy atom. The number of carbonyl (C=O) groups excluding carboxylic acids is 1. The third-order valence-electron chi connectivity index (χ3n) is 6.05. The number of benzene rings is 2. The van der Waals surface area contributed by atoms with Crippen LogP contribution in [0.15, 0.2) is 64.5 Å². The largest absolute Gasteiger partial charge is 0.342 e. The Kier molecular flexibility index (Phi) is 6.32. The van der Waals surface area contributed by atoms with Crippen molar-refractivity contribution in [1.29, 1.82) is 0 Å². The summed E-state index contributed by atoms with van der Waals surface area (Å²) in [5, 5.41) is 9.49. The molecule has 0 N–H and O–H groups in total. The molecule has 0 spiro atoms. The minimum atomic E-state index is -0.0254. The Labute approximate surface area is 200 Å². The molecule has 1 fully saturated rings. The Bertz CT molecular complexity index is 1320. The Hall–Kier alpha value is -2.91. The first kappa shape index (κ1) is 21.9. The van der Waals surface area contributed by atoms with Crippen molar-refractivity contribution < 1.29 is 4.79 Å². The zero-order valence-electron chi connectivity index (χ0n) is 18.4. The molecule has 7 nitrogen and oxygen atoms in total. The van der Waals surface area contributed by atoms with Gasteiger partial charge in [0.15, 0.2) is 11.0 Å². The van der Waals surface area contributed by atoms with Crippen LogP contribution >= 0.6 is 23.1 Å². The lowest BCUT2D eigenvalue weighted by Gasteiger charge is -2.30. The lowest BCUT2D eigenvalue weighted by molar-refractivity contribution is -0.129. The molecule has 2 aromatic carbocycles. The Morgan fingerprint density at radius 1 is 1.06 bits per heavy atom. The minimum Gasteiger partial charge on any atom is -0.342 e. The van der Waals surface area contributed by atoms with Crippen LogP contribution in [0.2, 0.25) is 0 Å². The van der Waals surface area contributed by atoms with Crippen molar-refractivity contribution in [3.05, 3.63) is 70.1 Å². The molecular weight excluding hydrogens is 454 g/mol. The average Bonchev–Trinajstić information content (AvgIpc) is 3.39. The molecule has 170 valence electrons. The summed E-state index contributed by atoms with van der Waals surface area (Å²) in [6, 6.07) is 17.6. The average molecular weight is 480 g/mol. The van der Waals surface area contributed by atoms with Crippen LogP contribution in [0.25, 0.3) is 15.9 Å². The molecule has 3 heterocycles. The van der Waals surface area contributed by atoms with Crippen LogP contribution in [0.5, 0.6) is 0 Å². The van der Waals surface area contributed by atoms with E-state index in [4.69, 9.17) is 0 Å². The third kappa shape index (κ3) is 4.60. The number of hydrogen-bond donors (Lipinski definition) is 0. The van der Waals surface area contributed by atoms with E-state index in [1.165, 1.54) is 23.1 Å². The first-order chi connectivity index (χ1) is 16.1. The number of amides is 1. The second-order valence-corrected chi connectivity index (χ2v) is 10.3. The van der Waals surface area contributed by atoms with Gasteiger partial charge in [0.25, 0.3) is 0 Å². The zero-order chi connectivity index (χ0) is 22.8. The molecule has 1 aliphatic heterocycles. The zero-order valence-corrected chi connectivity index (χ0v) is 20.0. The van der Waals surface area contributed by atoms with E-state index in [0.717, 1.165) is 41.8 Å². The summed E-state index contributed by atoms with van der Waals surface area (Å²) in [6.07, 6.45) is 2.12. The molecule has 0 bridgehead atoms. The van der Waals surface area contributed by atoms with E-state index < -0.39 is 0 Å².